The van der Waals surface area contributed by atoms with E-state index in [1.165, 1.54) is 0 Å². The lowest BCUT2D eigenvalue weighted by molar-refractivity contribution is -0.138. The van der Waals surface area contributed by atoms with Crippen molar-refractivity contribution in [3.05, 3.63) is 35.9 Å². The number of rotatable bonds is 12. The second-order valence-electron chi connectivity index (χ2n) is 8.85. The third kappa shape index (κ3) is 9.94. The van der Waals surface area contributed by atoms with Gasteiger partial charge in [-0.05, 0) is 39.2 Å². The molecule has 0 radical (unpaired) electrons. The van der Waals surface area contributed by atoms with Crippen molar-refractivity contribution in [1.29, 1.82) is 0 Å². The fourth-order valence-corrected chi connectivity index (χ4v) is 3.16. The number of alkyl carbamates (subject to hydrolysis) is 1. The normalized spacial score (nSPS) is 12.6. The third-order valence-corrected chi connectivity index (χ3v) is 4.75. The van der Waals surface area contributed by atoms with Crippen molar-refractivity contribution >= 4 is 23.8 Å². The zero-order valence-corrected chi connectivity index (χ0v) is 20.4. The van der Waals surface area contributed by atoms with Crippen LogP contribution < -0.4 is 16.4 Å². The molecule has 2 atom stereocenters. The van der Waals surface area contributed by atoms with Crippen LogP contribution in [0, 0.1) is 12.5 Å². The maximum Gasteiger partial charge on any atom is 0.408 e. The molecule has 0 spiro atoms. The monoisotopic (exact) mass is 472 g/mol. The molecule has 9 nitrogen and oxygen atoms in total. The summed E-state index contributed by atoms with van der Waals surface area (Å²) in [6.07, 6.45) is 7.28. The van der Waals surface area contributed by atoms with Gasteiger partial charge in [-0.1, -0.05) is 56.5 Å². The summed E-state index contributed by atoms with van der Waals surface area (Å²) in [4.78, 5) is 51.2. The summed E-state index contributed by atoms with van der Waals surface area (Å²) < 4.78 is 5.24. The first-order valence-electron chi connectivity index (χ1n) is 11.4. The number of ether oxygens (including phenoxy) is 1. The molecule has 0 saturated carbocycles. The molecule has 0 heterocycles. The topological polar surface area (TPSA) is 131 Å². The minimum Gasteiger partial charge on any atom is -0.444 e. The summed E-state index contributed by atoms with van der Waals surface area (Å²) in [5.41, 5.74) is 4.95. The van der Waals surface area contributed by atoms with Gasteiger partial charge in [0.05, 0.1) is 0 Å². The molecule has 2 unspecified atom stereocenters. The van der Waals surface area contributed by atoms with Crippen LogP contribution in [0.5, 0.6) is 0 Å². The smallest absolute Gasteiger partial charge is 0.408 e. The summed E-state index contributed by atoms with van der Waals surface area (Å²) in [5.74, 6) is -1.82. The van der Waals surface area contributed by atoms with Crippen LogP contribution in [0.25, 0.3) is 0 Å². The molecule has 1 aromatic carbocycles. The first-order valence-corrected chi connectivity index (χ1v) is 11.4. The second-order valence-corrected chi connectivity index (χ2v) is 8.85. The van der Waals surface area contributed by atoms with Gasteiger partial charge >= 0.3 is 6.09 Å². The number of terminal acetylenes is 1. The van der Waals surface area contributed by atoms with E-state index in [9.17, 15) is 19.2 Å². The number of nitrogens with zero attached hydrogens (tertiary/aromatic N) is 1. The molecule has 1 aromatic rings. The average Bonchev–Trinajstić information content (AvgIpc) is 2.76. The van der Waals surface area contributed by atoms with E-state index in [4.69, 9.17) is 16.9 Å². The molecule has 4 amide bonds. The summed E-state index contributed by atoms with van der Waals surface area (Å²) in [6.45, 7) is 7.51. The summed E-state index contributed by atoms with van der Waals surface area (Å²) in [5, 5.41) is 5.29. The Balaban J connectivity index is 3.23. The predicted octanol–water partition coefficient (Wildman–Crippen LogP) is 2.61. The highest BCUT2D eigenvalue weighted by Gasteiger charge is 2.35. The Morgan fingerprint density at radius 3 is 2.32 bits per heavy atom. The van der Waals surface area contributed by atoms with Crippen molar-refractivity contribution < 1.29 is 23.9 Å². The molecule has 0 saturated heterocycles. The molecule has 186 valence electrons. The van der Waals surface area contributed by atoms with Crippen molar-refractivity contribution in [3.63, 3.8) is 0 Å². The first-order chi connectivity index (χ1) is 16.0. The highest BCUT2D eigenvalue weighted by Crippen LogP contribution is 2.22. The van der Waals surface area contributed by atoms with Gasteiger partial charge in [0.15, 0.2) is 0 Å². The van der Waals surface area contributed by atoms with Gasteiger partial charge in [0.2, 0.25) is 11.8 Å². The summed E-state index contributed by atoms with van der Waals surface area (Å²) >= 11 is 0. The van der Waals surface area contributed by atoms with Gasteiger partial charge in [0, 0.05) is 19.0 Å². The number of unbranched alkanes of at least 4 members (excludes halogenated alkanes) is 2. The minimum atomic E-state index is -1.22. The largest absolute Gasteiger partial charge is 0.444 e. The lowest BCUT2D eigenvalue weighted by Gasteiger charge is -2.30. The van der Waals surface area contributed by atoms with Gasteiger partial charge in [-0.2, -0.15) is 0 Å². The Kier molecular flexibility index (Phi) is 11.6. The highest BCUT2D eigenvalue weighted by molar-refractivity contribution is 5.93. The second kappa shape index (κ2) is 13.9. The van der Waals surface area contributed by atoms with Crippen molar-refractivity contribution in [2.75, 3.05) is 6.54 Å². The Hall–Kier alpha value is -3.54. The maximum atomic E-state index is 13.5. The number of carbonyl (C=O) groups excluding carboxylic acids is 4. The zero-order chi connectivity index (χ0) is 25.7. The van der Waals surface area contributed by atoms with E-state index in [2.05, 4.69) is 23.6 Å². The van der Waals surface area contributed by atoms with Crippen molar-refractivity contribution in [1.82, 2.24) is 15.5 Å². The molecular weight excluding hydrogens is 436 g/mol. The quantitative estimate of drug-likeness (QED) is 0.244. The molecule has 0 fully saturated rings. The van der Waals surface area contributed by atoms with E-state index in [1.54, 1.807) is 51.1 Å². The Morgan fingerprint density at radius 1 is 1.15 bits per heavy atom. The van der Waals surface area contributed by atoms with Crippen LogP contribution in [-0.4, -0.2) is 46.9 Å². The molecule has 0 aliphatic heterocycles. The molecule has 0 aliphatic carbocycles. The molecule has 0 aliphatic rings. The lowest BCUT2D eigenvalue weighted by atomic mass is 10.0. The van der Waals surface area contributed by atoms with Crippen LogP contribution in [0.1, 0.15) is 71.4 Å². The van der Waals surface area contributed by atoms with Gasteiger partial charge in [0.25, 0.3) is 5.91 Å². The fourth-order valence-electron chi connectivity index (χ4n) is 3.16. The Bertz CT molecular complexity index is 874. The zero-order valence-electron chi connectivity index (χ0n) is 20.4. The summed E-state index contributed by atoms with van der Waals surface area (Å²) in [6, 6.07) is 8.55. The number of carbonyl (C=O) groups is 4. The number of amides is 4. The third-order valence-electron chi connectivity index (χ3n) is 4.75. The lowest BCUT2D eigenvalue weighted by Crippen LogP contribution is -2.51. The highest BCUT2D eigenvalue weighted by atomic mass is 16.6. The maximum absolute atomic E-state index is 13.5. The van der Waals surface area contributed by atoms with E-state index < -0.39 is 41.5 Å². The number of hydrogen-bond donors (Lipinski definition) is 3. The van der Waals surface area contributed by atoms with Gasteiger partial charge in [-0.15, -0.1) is 0 Å². The van der Waals surface area contributed by atoms with E-state index >= 15 is 0 Å². The van der Waals surface area contributed by atoms with Crippen LogP contribution in [-0.2, 0) is 19.1 Å². The number of primary amides is 1. The van der Waals surface area contributed by atoms with Crippen molar-refractivity contribution in [2.24, 2.45) is 5.73 Å². The SMILES string of the molecule is C#CN(C(=O)C(CCC(N)=O)NC(=O)OC(C)(C)C)C(C(=O)NCCCCC)c1ccccc1. The van der Waals surface area contributed by atoms with Crippen molar-refractivity contribution in [3.8, 4) is 12.5 Å². The number of nitrogens with one attached hydrogen (secondary N) is 2. The van der Waals surface area contributed by atoms with E-state index in [0.29, 0.717) is 12.1 Å². The Morgan fingerprint density at radius 2 is 1.79 bits per heavy atom. The predicted molar refractivity (Wildman–Crippen MR) is 129 cm³/mol. The molecule has 34 heavy (non-hydrogen) atoms. The average molecular weight is 473 g/mol. The van der Waals surface area contributed by atoms with E-state index in [-0.39, 0.29) is 12.8 Å². The van der Waals surface area contributed by atoms with Gasteiger partial charge in [-0.25, -0.2) is 4.79 Å². The van der Waals surface area contributed by atoms with E-state index in [0.717, 1.165) is 24.2 Å². The van der Waals surface area contributed by atoms with Gasteiger partial charge in [-0.3, -0.25) is 19.3 Å². The van der Waals surface area contributed by atoms with Gasteiger partial charge < -0.3 is 21.1 Å². The summed E-state index contributed by atoms with van der Waals surface area (Å²) in [7, 11) is 0. The van der Waals surface area contributed by atoms with Crippen molar-refractivity contribution in [2.45, 2.75) is 77.5 Å². The van der Waals surface area contributed by atoms with Crippen LogP contribution in [0.3, 0.4) is 0 Å². The number of nitrogens with two attached hydrogens (primary N) is 1. The fraction of sp³-hybridized carbons (Fsp3) is 0.520. The van der Waals surface area contributed by atoms with Crippen LogP contribution >= 0.6 is 0 Å². The molecule has 0 bridgehead atoms. The van der Waals surface area contributed by atoms with Crippen LogP contribution in [0.2, 0.25) is 0 Å². The molecule has 9 heteroatoms. The van der Waals surface area contributed by atoms with Crippen LogP contribution in [0.4, 0.5) is 4.79 Å². The molecule has 4 N–H and O–H groups in total. The number of hydrogen-bond acceptors (Lipinski definition) is 5. The Labute approximate surface area is 201 Å². The molecule has 0 aromatic heterocycles. The molecule has 1 rings (SSSR count). The van der Waals surface area contributed by atoms with E-state index in [1.807, 2.05) is 0 Å². The number of benzene rings is 1. The van der Waals surface area contributed by atoms with Crippen LogP contribution in [0.15, 0.2) is 30.3 Å². The first kappa shape index (κ1) is 28.5. The van der Waals surface area contributed by atoms with Gasteiger partial charge in [0.1, 0.15) is 17.7 Å². The molecular formula is C25H36N4O5. The standard InChI is InChI=1S/C25H36N4O5/c1-6-8-12-17-27-22(31)21(18-13-10-9-11-14-18)29(7-2)23(32)19(15-16-20(26)30)28-24(33)34-25(3,4)5/h2,9-11,13-14,19,21H,6,8,12,15-17H2,1,3-5H3,(H2,26,30)(H,27,31)(H,28,33). The minimum absolute atomic E-state index is 0.106.